The molecule has 0 spiro atoms. The number of carbonyl (C=O) groups excluding carboxylic acids is 1. The lowest BCUT2D eigenvalue weighted by Crippen LogP contribution is -2.23. The van der Waals surface area contributed by atoms with Gasteiger partial charge in [-0.1, -0.05) is 38.4 Å². The third kappa shape index (κ3) is 4.49. The monoisotopic (exact) mass is 270 g/mol. The summed E-state index contributed by atoms with van der Waals surface area (Å²) in [6.07, 6.45) is 6.27. The third-order valence-electron chi connectivity index (χ3n) is 3.46. The molecule has 0 bridgehead atoms. The topological polar surface area (TPSA) is 26.3 Å². The summed E-state index contributed by atoms with van der Waals surface area (Å²) < 4.78 is 4.87. The Balaban J connectivity index is 2.72. The normalized spacial score (nSPS) is 21.5. The zero-order valence-corrected chi connectivity index (χ0v) is 12.5. The maximum atomic E-state index is 11.3. The van der Waals surface area contributed by atoms with Crippen molar-refractivity contribution in [3.05, 3.63) is 22.8 Å². The van der Waals surface area contributed by atoms with Crippen molar-refractivity contribution < 1.29 is 9.53 Å². The average molecular weight is 271 g/mol. The van der Waals surface area contributed by atoms with E-state index in [1.165, 1.54) is 6.08 Å². The van der Waals surface area contributed by atoms with Crippen molar-refractivity contribution in [1.29, 1.82) is 0 Å². The molecule has 0 aromatic heterocycles. The van der Waals surface area contributed by atoms with Gasteiger partial charge >= 0.3 is 5.97 Å². The lowest BCUT2D eigenvalue weighted by atomic mass is 9.72. The highest BCUT2D eigenvalue weighted by Gasteiger charge is 2.28. The fourth-order valence-electron chi connectivity index (χ4n) is 2.20. The molecule has 0 fully saturated rings. The number of ether oxygens (including phenoxy) is 1. The quantitative estimate of drug-likeness (QED) is 0.560. The molecule has 1 aliphatic carbocycles. The van der Waals surface area contributed by atoms with Crippen LogP contribution < -0.4 is 0 Å². The molecule has 0 saturated carbocycles. The van der Waals surface area contributed by atoms with E-state index < -0.39 is 0 Å². The van der Waals surface area contributed by atoms with E-state index in [2.05, 4.69) is 20.8 Å². The molecule has 0 N–H and O–H groups in total. The van der Waals surface area contributed by atoms with Crippen LogP contribution in [0.15, 0.2) is 22.8 Å². The predicted molar refractivity (Wildman–Crippen MR) is 75.4 cm³/mol. The minimum atomic E-state index is -0.299. The summed E-state index contributed by atoms with van der Waals surface area (Å²) in [5, 5.41) is 0.885. The fourth-order valence-corrected chi connectivity index (χ4v) is 2.45. The first-order valence-electron chi connectivity index (χ1n) is 6.57. The van der Waals surface area contributed by atoms with Crippen LogP contribution in [0.4, 0.5) is 0 Å². The summed E-state index contributed by atoms with van der Waals surface area (Å²) in [7, 11) is 0. The van der Waals surface area contributed by atoms with Crippen molar-refractivity contribution in [3.63, 3.8) is 0 Å². The van der Waals surface area contributed by atoms with Gasteiger partial charge < -0.3 is 4.74 Å². The molecule has 3 heteroatoms. The van der Waals surface area contributed by atoms with Crippen LogP contribution in [0.2, 0.25) is 0 Å². The SMILES string of the molecule is CCOC(=O)/C=C/C1=C(Cl)CCC(C(C)(C)C)C1. The second-order valence-corrected chi connectivity index (χ2v) is 6.28. The van der Waals surface area contributed by atoms with Crippen molar-refractivity contribution in [1.82, 2.24) is 0 Å². The average Bonchev–Trinajstić information content (AvgIpc) is 2.26. The van der Waals surface area contributed by atoms with Gasteiger partial charge in [-0.25, -0.2) is 4.79 Å². The van der Waals surface area contributed by atoms with Crippen molar-refractivity contribution >= 4 is 17.6 Å². The predicted octanol–water partition coefficient (Wildman–Crippen LogP) is 4.44. The van der Waals surface area contributed by atoms with Crippen LogP contribution in [0.3, 0.4) is 0 Å². The highest BCUT2D eigenvalue weighted by molar-refractivity contribution is 6.30. The smallest absolute Gasteiger partial charge is 0.330 e. The summed E-state index contributed by atoms with van der Waals surface area (Å²) in [6, 6.07) is 0. The molecule has 1 aliphatic rings. The number of carbonyl (C=O) groups is 1. The van der Waals surface area contributed by atoms with Gasteiger partial charge in [0.15, 0.2) is 0 Å². The molecule has 1 atom stereocenters. The van der Waals surface area contributed by atoms with Crippen LogP contribution in [-0.4, -0.2) is 12.6 Å². The summed E-state index contributed by atoms with van der Waals surface area (Å²) in [6.45, 7) is 8.96. The Kier molecular flexibility index (Phi) is 5.46. The largest absolute Gasteiger partial charge is 0.463 e. The maximum absolute atomic E-state index is 11.3. The minimum Gasteiger partial charge on any atom is -0.463 e. The minimum absolute atomic E-state index is 0.278. The van der Waals surface area contributed by atoms with Gasteiger partial charge in [0.25, 0.3) is 0 Å². The van der Waals surface area contributed by atoms with Gasteiger partial charge in [0.1, 0.15) is 0 Å². The molecule has 18 heavy (non-hydrogen) atoms. The van der Waals surface area contributed by atoms with Gasteiger partial charge in [-0.2, -0.15) is 0 Å². The van der Waals surface area contributed by atoms with Gasteiger partial charge in [0, 0.05) is 11.1 Å². The Labute approximate surface area is 115 Å². The molecule has 0 heterocycles. The van der Waals surface area contributed by atoms with Crippen molar-refractivity contribution in [2.24, 2.45) is 11.3 Å². The Morgan fingerprint density at radius 1 is 1.50 bits per heavy atom. The van der Waals surface area contributed by atoms with Crippen molar-refractivity contribution in [3.8, 4) is 0 Å². The van der Waals surface area contributed by atoms with E-state index >= 15 is 0 Å². The van der Waals surface area contributed by atoms with Crippen molar-refractivity contribution in [2.45, 2.75) is 47.0 Å². The van der Waals surface area contributed by atoms with E-state index in [0.29, 0.717) is 12.5 Å². The Morgan fingerprint density at radius 3 is 2.72 bits per heavy atom. The van der Waals surface area contributed by atoms with E-state index in [4.69, 9.17) is 16.3 Å². The first-order valence-corrected chi connectivity index (χ1v) is 6.94. The highest BCUT2D eigenvalue weighted by Crippen LogP contribution is 2.41. The van der Waals surface area contributed by atoms with Crippen LogP contribution in [0.5, 0.6) is 0 Å². The number of rotatable bonds is 3. The molecule has 0 saturated heterocycles. The van der Waals surface area contributed by atoms with E-state index in [9.17, 15) is 4.79 Å². The van der Waals surface area contributed by atoms with E-state index in [1.54, 1.807) is 6.92 Å². The Bertz CT molecular complexity index is 361. The lowest BCUT2D eigenvalue weighted by Gasteiger charge is -2.34. The Hall–Kier alpha value is -0.760. The molecule has 1 unspecified atom stereocenters. The second kappa shape index (κ2) is 6.42. The molecule has 0 amide bonds. The molecule has 0 aromatic rings. The number of hydrogen-bond donors (Lipinski definition) is 0. The molecule has 102 valence electrons. The second-order valence-electron chi connectivity index (χ2n) is 5.82. The van der Waals surface area contributed by atoms with Crippen LogP contribution >= 0.6 is 11.6 Å². The molecule has 1 rings (SSSR count). The van der Waals surface area contributed by atoms with Crippen LogP contribution in [0.25, 0.3) is 0 Å². The fraction of sp³-hybridized carbons (Fsp3) is 0.667. The van der Waals surface area contributed by atoms with Crippen LogP contribution in [0.1, 0.15) is 47.0 Å². The van der Waals surface area contributed by atoms with Crippen LogP contribution in [0, 0.1) is 11.3 Å². The Morgan fingerprint density at radius 2 is 2.17 bits per heavy atom. The van der Waals surface area contributed by atoms with Gasteiger partial charge in [-0.15, -0.1) is 0 Å². The summed E-state index contributed by atoms with van der Waals surface area (Å²) >= 11 is 6.23. The summed E-state index contributed by atoms with van der Waals surface area (Å²) in [4.78, 5) is 11.3. The molecular formula is C15H23ClO2. The van der Waals surface area contributed by atoms with Gasteiger partial charge in [-0.05, 0) is 43.1 Å². The number of allylic oxidation sites excluding steroid dienone is 3. The number of halogens is 1. The molecule has 0 aromatic carbocycles. The standard InChI is InChI=1S/C15H23ClO2/c1-5-18-14(17)9-6-11-10-12(15(2,3)4)7-8-13(11)16/h6,9,12H,5,7-8,10H2,1-4H3/b9-6+. The summed E-state index contributed by atoms with van der Waals surface area (Å²) in [5.41, 5.74) is 1.36. The van der Waals surface area contributed by atoms with Gasteiger partial charge in [-0.3, -0.25) is 0 Å². The first-order chi connectivity index (χ1) is 8.34. The van der Waals surface area contributed by atoms with Gasteiger partial charge in [0.05, 0.1) is 6.61 Å². The molecule has 0 radical (unpaired) electrons. The molecule has 0 aliphatic heterocycles. The molecule has 2 nitrogen and oxygen atoms in total. The van der Waals surface area contributed by atoms with Crippen molar-refractivity contribution in [2.75, 3.05) is 6.61 Å². The van der Waals surface area contributed by atoms with E-state index in [0.717, 1.165) is 29.9 Å². The summed E-state index contributed by atoms with van der Waals surface area (Å²) in [5.74, 6) is 0.314. The lowest BCUT2D eigenvalue weighted by molar-refractivity contribution is -0.137. The third-order valence-corrected chi connectivity index (χ3v) is 3.89. The zero-order valence-electron chi connectivity index (χ0n) is 11.8. The number of esters is 1. The van der Waals surface area contributed by atoms with Gasteiger partial charge in [0.2, 0.25) is 0 Å². The highest BCUT2D eigenvalue weighted by atomic mass is 35.5. The zero-order chi connectivity index (χ0) is 13.8. The van der Waals surface area contributed by atoms with Crippen LogP contribution in [-0.2, 0) is 9.53 Å². The number of hydrogen-bond acceptors (Lipinski definition) is 2. The first kappa shape index (κ1) is 15.3. The molecular weight excluding hydrogens is 248 g/mol. The maximum Gasteiger partial charge on any atom is 0.330 e. The van der Waals surface area contributed by atoms with E-state index in [1.807, 2.05) is 6.08 Å². The van der Waals surface area contributed by atoms with E-state index in [-0.39, 0.29) is 11.4 Å².